The van der Waals surface area contributed by atoms with E-state index in [1.165, 1.54) is 4.90 Å². The zero-order chi connectivity index (χ0) is 21.3. The van der Waals surface area contributed by atoms with E-state index in [-0.39, 0.29) is 38.8 Å². The molecule has 158 valence electrons. The summed E-state index contributed by atoms with van der Waals surface area (Å²) in [7, 11) is -3.87. The summed E-state index contributed by atoms with van der Waals surface area (Å²) in [5, 5.41) is 6.99. The highest BCUT2D eigenvalue weighted by Gasteiger charge is 2.37. The number of anilines is 1. The first-order chi connectivity index (χ1) is 12.7. The summed E-state index contributed by atoms with van der Waals surface area (Å²) < 4.78 is 100. The minimum absolute atomic E-state index is 0.00783. The van der Waals surface area contributed by atoms with E-state index in [9.17, 15) is 39.6 Å². The summed E-state index contributed by atoms with van der Waals surface area (Å²) in [6.07, 6.45) is -10.0. The van der Waals surface area contributed by atoms with Crippen LogP contribution < -0.4 is 10.5 Å². The molecule has 0 saturated carbocycles. The van der Waals surface area contributed by atoms with Crippen LogP contribution in [0.2, 0.25) is 0 Å². The number of piperazine rings is 1. The van der Waals surface area contributed by atoms with Crippen LogP contribution in [0.3, 0.4) is 0 Å². The predicted octanol–water partition coefficient (Wildman–Crippen LogP) is 1.48. The van der Waals surface area contributed by atoms with Crippen LogP contribution in [0.5, 0.6) is 0 Å². The Balaban J connectivity index is 2.08. The molecular weight excluding hydrogens is 418 g/mol. The van der Waals surface area contributed by atoms with Crippen molar-refractivity contribution in [2.45, 2.75) is 12.4 Å². The highest BCUT2D eigenvalue weighted by Crippen LogP contribution is 2.37. The standard InChI is InChI=1S/C14H16F6N4O3S/c15-13(16,17)9-5-10(14(18,19)20)7-11(6-9)22-12(25)8-23-1-3-24(4-2-23)28(21,26)27/h5-7H,1-4,8H2,(H,22,25)(H2,21,26,27). The van der Waals surface area contributed by atoms with Gasteiger partial charge in [0.15, 0.2) is 0 Å². The monoisotopic (exact) mass is 434 g/mol. The molecule has 1 amide bonds. The number of carbonyl (C=O) groups excluding carboxylic acids is 1. The van der Waals surface area contributed by atoms with Gasteiger partial charge in [-0.05, 0) is 18.2 Å². The molecule has 1 heterocycles. The van der Waals surface area contributed by atoms with Crippen molar-refractivity contribution in [3.05, 3.63) is 29.3 Å². The number of amides is 1. The van der Waals surface area contributed by atoms with Gasteiger partial charge in [0.25, 0.3) is 10.2 Å². The second-order valence-corrected chi connectivity index (χ2v) is 7.61. The van der Waals surface area contributed by atoms with Gasteiger partial charge in [-0.3, -0.25) is 9.69 Å². The third-order valence-electron chi connectivity index (χ3n) is 3.93. The number of alkyl halides is 6. The average molecular weight is 434 g/mol. The summed E-state index contributed by atoms with van der Waals surface area (Å²) in [4.78, 5) is 13.5. The third-order valence-corrected chi connectivity index (χ3v) is 5.01. The number of nitrogens with two attached hydrogens (primary N) is 1. The summed E-state index contributed by atoms with van der Waals surface area (Å²) in [5.74, 6) is -0.837. The van der Waals surface area contributed by atoms with E-state index in [0.29, 0.717) is 12.1 Å². The number of hydrogen-bond acceptors (Lipinski definition) is 4. The first-order valence-corrected chi connectivity index (χ1v) is 9.26. The summed E-state index contributed by atoms with van der Waals surface area (Å²) in [6, 6.07) is 0.778. The maximum atomic E-state index is 12.8. The molecule has 2 rings (SSSR count). The number of nitrogens with one attached hydrogen (secondary N) is 1. The molecule has 0 bridgehead atoms. The highest BCUT2D eigenvalue weighted by atomic mass is 32.2. The third kappa shape index (κ3) is 6.05. The number of carbonyl (C=O) groups is 1. The molecule has 0 radical (unpaired) electrons. The highest BCUT2D eigenvalue weighted by molar-refractivity contribution is 7.86. The lowest BCUT2D eigenvalue weighted by Crippen LogP contribution is -2.52. The zero-order valence-corrected chi connectivity index (χ0v) is 15.0. The van der Waals surface area contributed by atoms with Crippen LogP contribution in [-0.2, 0) is 27.4 Å². The fourth-order valence-electron chi connectivity index (χ4n) is 2.57. The first-order valence-electron chi connectivity index (χ1n) is 7.76. The summed E-state index contributed by atoms with van der Waals surface area (Å²) in [6.45, 7) is -0.0711. The SMILES string of the molecule is NS(=O)(=O)N1CCN(CC(=O)Nc2cc(C(F)(F)F)cc(C(F)(F)F)c2)CC1. The smallest absolute Gasteiger partial charge is 0.325 e. The van der Waals surface area contributed by atoms with Gasteiger partial charge in [0, 0.05) is 31.9 Å². The lowest BCUT2D eigenvalue weighted by molar-refractivity contribution is -0.143. The first kappa shape index (κ1) is 22.4. The van der Waals surface area contributed by atoms with Crippen LogP contribution in [-0.4, -0.2) is 56.3 Å². The van der Waals surface area contributed by atoms with Crippen LogP contribution in [0.25, 0.3) is 0 Å². The van der Waals surface area contributed by atoms with Crippen molar-refractivity contribution in [1.29, 1.82) is 0 Å². The van der Waals surface area contributed by atoms with Gasteiger partial charge in [-0.1, -0.05) is 0 Å². The second-order valence-electron chi connectivity index (χ2n) is 6.06. The fraction of sp³-hybridized carbons (Fsp3) is 0.500. The molecular formula is C14H16F6N4O3S. The predicted molar refractivity (Wildman–Crippen MR) is 86.2 cm³/mol. The minimum Gasteiger partial charge on any atom is -0.325 e. The molecule has 1 aromatic carbocycles. The maximum absolute atomic E-state index is 12.8. The number of nitrogens with zero attached hydrogens (tertiary/aromatic N) is 2. The molecule has 0 aliphatic carbocycles. The Morgan fingerprint density at radius 2 is 1.43 bits per heavy atom. The molecule has 0 aromatic heterocycles. The van der Waals surface area contributed by atoms with Crippen molar-refractivity contribution in [2.24, 2.45) is 5.14 Å². The van der Waals surface area contributed by atoms with Crippen molar-refractivity contribution in [3.8, 4) is 0 Å². The Kier molecular flexibility index (Phi) is 6.28. The largest absolute Gasteiger partial charge is 0.416 e. The van der Waals surface area contributed by atoms with E-state index >= 15 is 0 Å². The van der Waals surface area contributed by atoms with Gasteiger partial charge in [-0.25, -0.2) is 5.14 Å². The summed E-state index contributed by atoms with van der Waals surface area (Å²) in [5.41, 5.74) is -3.73. The summed E-state index contributed by atoms with van der Waals surface area (Å²) >= 11 is 0. The van der Waals surface area contributed by atoms with Crippen LogP contribution in [0, 0.1) is 0 Å². The number of halogens is 6. The van der Waals surface area contributed by atoms with Crippen molar-refractivity contribution < 1.29 is 39.6 Å². The molecule has 3 N–H and O–H groups in total. The average Bonchev–Trinajstić information content (AvgIpc) is 2.52. The van der Waals surface area contributed by atoms with E-state index in [1.807, 2.05) is 5.32 Å². The van der Waals surface area contributed by atoms with E-state index in [0.717, 1.165) is 4.31 Å². The zero-order valence-electron chi connectivity index (χ0n) is 14.1. The van der Waals surface area contributed by atoms with Crippen molar-refractivity contribution in [2.75, 3.05) is 38.0 Å². The van der Waals surface area contributed by atoms with Gasteiger partial charge in [0.05, 0.1) is 17.7 Å². The van der Waals surface area contributed by atoms with Crippen LogP contribution in [0.15, 0.2) is 18.2 Å². The number of hydrogen-bond donors (Lipinski definition) is 2. The molecule has 0 atom stereocenters. The van der Waals surface area contributed by atoms with Crippen molar-refractivity contribution in [3.63, 3.8) is 0 Å². The van der Waals surface area contributed by atoms with Gasteiger partial charge in [-0.2, -0.15) is 39.1 Å². The second kappa shape index (κ2) is 7.85. The molecule has 1 aromatic rings. The normalized spacial score (nSPS) is 17.5. The number of benzene rings is 1. The Morgan fingerprint density at radius 1 is 0.964 bits per heavy atom. The van der Waals surface area contributed by atoms with Gasteiger partial charge in [-0.15, -0.1) is 0 Å². The quantitative estimate of drug-likeness (QED) is 0.702. The topological polar surface area (TPSA) is 95.7 Å². The van der Waals surface area contributed by atoms with E-state index in [2.05, 4.69) is 0 Å². The molecule has 1 saturated heterocycles. The minimum atomic E-state index is -5.02. The fourth-order valence-corrected chi connectivity index (χ4v) is 3.25. The van der Waals surface area contributed by atoms with Crippen LogP contribution in [0.1, 0.15) is 11.1 Å². The molecule has 1 aliphatic rings. The van der Waals surface area contributed by atoms with Gasteiger partial charge < -0.3 is 5.32 Å². The molecule has 7 nitrogen and oxygen atoms in total. The number of rotatable bonds is 4. The lowest BCUT2D eigenvalue weighted by Gasteiger charge is -2.32. The lowest BCUT2D eigenvalue weighted by atomic mass is 10.1. The maximum Gasteiger partial charge on any atom is 0.416 e. The van der Waals surface area contributed by atoms with Crippen LogP contribution >= 0.6 is 0 Å². The molecule has 14 heteroatoms. The molecule has 1 fully saturated rings. The Morgan fingerprint density at radius 3 is 1.82 bits per heavy atom. The Bertz CT molecular complexity index is 800. The van der Waals surface area contributed by atoms with E-state index in [4.69, 9.17) is 5.14 Å². The molecule has 28 heavy (non-hydrogen) atoms. The van der Waals surface area contributed by atoms with E-state index in [1.54, 1.807) is 0 Å². The van der Waals surface area contributed by atoms with Gasteiger partial charge in [0.2, 0.25) is 5.91 Å². The van der Waals surface area contributed by atoms with E-state index < -0.39 is 45.3 Å². The van der Waals surface area contributed by atoms with Crippen molar-refractivity contribution >= 4 is 21.8 Å². The molecule has 0 unspecified atom stereocenters. The van der Waals surface area contributed by atoms with Crippen LogP contribution in [0.4, 0.5) is 32.0 Å². The Labute approximate surface area is 156 Å². The Hall–Kier alpha value is -1.90. The van der Waals surface area contributed by atoms with Gasteiger partial charge >= 0.3 is 12.4 Å². The van der Waals surface area contributed by atoms with Crippen molar-refractivity contribution in [1.82, 2.24) is 9.21 Å². The molecule has 1 aliphatic heterocycles. The molecule has 0 spiro atoms. The van der Waals surface area contributed by atoms with Gasteiger partial charge in [0.1, 0.15) is 0 Å².